The fourth-order valence-corrected chi connectivity index (χ4v) is 13.2. The van der Waals surface area contributed by atoms with E-state index in [1.54, 1.807) is 24.3 Å². The Morgan fingerprint density at radius 1 is 0.757 bits per heavy atom. The summed E-state index contributed by atoms with van der Waals surface area (Å²) in [6.07, 6.45) is 5.26. The van der Waals surface area contributed by atoms with Gasteiger partial charge in [-0.25, -0.2) is 0 Å². The van der Waals surface area contributed by atoms with E-state index in [1.807, 2.05) is 78.9 Å². The van der Waals surface area contributed by atoms with Crippen LogP contribution in [0.1, 0.15) is 83.4 Å². The Bertz CT molecular complexity index is 2980. The lowest BCUT2D eigenvalue weighted by molar-refractivity contribution is -0.175. The zero-order valence-corrected chi connectivity index (χ0v) is 39.7. The van der Waals surface area contributed by atoms with Crippen molar-refractivity contribution in [1.82, 2.24) is 0 Å². The monoisotopic (exact) mass is 944 g/mol. The van der Waals surface area contributed by atoms with E-state index in [0.717, 1.165) is 60.8 Å². The van der Waals surface area contributed by atoms with Crippen molar-refractivity contribution in [3.63, 3.8) is 0 Å². The summed E-state index contributed by atoms with van der Waals surface area (Å²) in [6.45, 7) is 1.50. The van der Waals surface area contributed by atoms with Crippen molar-refractivity contribution in [3.8, 4) is 39.9 Å². The molecule has 2 fully saturated rings. The molecule has 4 aliphatic rings. The highest BCUT2D eigenvalue weighted by Crippen LogP contribution is 2.69. The van der Waals surface area contributed by atoms with Gasteiger partial charge in [0.05, 0.1) is 26.7 Å². The Morgan fingerprint density at radius 3 is 2.30 bits per heavy atom. The number of esters is 2. The smallest absolute Gasteiger partial charge is 0.310 e. The molecule has 11 heteroatoms. The Labute approximate surface area is 408 Å². The van der Waals surface area contributed by atoms with Crippen LogP contribution in [0.15, 0.2) is 115 Å². The summed E-state index contributed by atoms with van der Waals surface area (Å²) in [7, 11) is 3.04. The zero-order chi connectivity index (χ0) is 48.8. The molecule has 362 valence electrons. The quantitative estimate of drug-likeness (QED) is 0.0740. The van der Waals surface area contributed by atoms with Crippen molar-refractivity contribution in [2.45, 2.75) is 88.4 Å². The van der Waals surface area contributed by atoms with E-state index < -0.39 is 35.7 Å². The molecule has 0 spiro atoms. The molecule has 9 atom stereocenters. The molecule has 11 nitrogen and oxygen atoms in total. The van der Waals surface area contributed by atoms with Gasteiger partial charge in [0.25, 0.3) is 0 Å². The molecule has 9 unspecified atom stereocenters. The number of hydrogen-bond acceptors (Lipinski definition) is 11. The van der Waals surface area contributed by atoms with Gasteiger partial charge in [0, 0.05) is 31.3 Å². The van der Waals surface area contributed by atoms with Crippen molar-refractivity contribution in [2.75, 3.05) is 20.8 Å². The maximum atomic E-state index is 14.6. The molecule has 6 aromatic rings. The lowest BCUT2D eigenvalue weighted by atomic mass is 9.40. The van der Waals surface area contributed by atoms with Crippen molar-refractivity contribution in [3.05, 3.63) is 154 Å². The lowest BCUT2D eigenvalue weighted by Gasteiger charge is -2.64. The molecule has 0 amide bonds. The van der Waals surface area contributed by atoms with Crippen molar-refractivity contribution in [1.29, 1.82) is 0 Å². The summed E-state index contributed by atoms with van der Waals surface area (Å²) in [5, 5.41) is 57.0. The van der Waals surface area contributed by atoms with E-state index in [0.29, 0.717) is 50.0 Å². The van der Waals surface area contributed by atoms with Crippen LogP contribution in [-0.4, -0.2) is 76.6 Å². The van der Waals surface area contributed by atoms with E-state index in [4.69, 9.17) is 18.9 Å². The third-order valence-electron chi connectivity index (χ3n) is 15.9. The molecule has 0 saturated heterocycles. The zero-order valence-electron chi connectivity index (χ0n) is 39.7. The first kappa shape index (κ1) is 46.9. The molecule has 0 aromatic heterocycles. The number of aromatic hydroxyl groups is 3. The number of phenols is 3. The standard InChI is InChI=1S/C59H60O11/c1-33(61)69-54-29-42(70-57(66)21-36-14-15-38-22-41(62)27-44(43(38)20-36)37-13-7-11-35(19-37)12-8-18-60)28-47-45-31-56(68-3)52(64)25-39(45)23-48-51(63)32-49-46-30-53(65)55(67-2)26-40(46)24-50(54)59(49,58(47)48)17-16-34-9-5-4-6-10-34/h4-7,9-11,13-17,19-20,22,25-27,30-31,42,47-51,54,58,60,62-65H,8,12,18,21,23-24,28-29,32H2,1-3H3. The second-order valence-electron chi connectivity index (χ2n) is 19.8. The third kappa shape index (κ3) is 8.64. The highest BCUT2D eigenvalue weighted by molar-refractivity contribution is 5.98. The number of ether oxygens (including phenoxy) is 4. The fraction of sp³-hybridized carbons (Fsp3) is 0.356. The van der Waals surface area contributed by atoms with Gasteiger partial charge in [0.15, 0.2) is 23.0 Å². The second-order valence-corrected chi connectivity index (χ2v) is 19.8. The van der Waals surface area contributed by atoms with Gasteiger partial charge in [-0.2, -0.15) is 0 Å². The molecule has 0 radical (unpaired) electrons. The Balaban J connectivity index is 1.09. The maximum absolute atomic E-state index is 14.6. The minimum atomic E-state index is -0.792. The number of aryl methyl sites for hydroxylation is 1. The van der Waals surface area contributed by atoms with Crippen LogP contribution in [0, 0.1) is 23.2 Å². The first-order chi connectivity index (χ1) is 33.9. The van der Waals surface area contributed by atoms with Gasteiger partial charge in [0.1, 0.15) is 18.0 Å². The number of fused-ring (bicyclic) bond motifs is 5. The predicted octanol–water partition coefficient (Wildman–Crippen LogP) is 9.74. The number of rotatable bonds is 12. The van der Waals surface area contributed by atoms with Crippen LogP contribution in [0.25, 0.3) is 28.0 Å². The van der Waals surface area contributed by atoms with Crippen LogP contribution in [0.2, 0.25) is 0 Å². The largest absolute Gasteiger partial charge is 0.508 e. The van der Waals surface area contributed by atoms with Crippen LogP contribution in [0.5, 0.6) is 28.7 Å². The Hall–Kier alpha value is -6.82. The van der Waals surface area contributed by atoms with Crippen LogP contribution < -0.4 is 9.47 Å². The maximum Gasteiger partial charge on any atom is 0.310 e. The summed E-state index contributed by atoms with van der Waals surface area (Å²) in [5.74, 6) is -1.83. The number of hydrogen-bond donors (Lipinski definition) is 5. The molecule has 10 rings (SSSR count). The molecule has 0 bridgehead atoms. The normalized spacial score (nSPS) is 25.4. The van der Waals surface area contributed by atoms with Crippen molar-refractivity contribution < 1.29 is 54.1 Å². The first-order valence-electron chi connectivity index (χ1n) is 24.4. The van der Waals surface area contributed by atoms with Crippen LogP contribution >= 0.6 is 0 Å². The number of aliphatic hydroxyl groups is 2. The van der Waals surface area contributed by atoms with Gasteiger partial charge in [-0.15, -0.1) is 0 Å². The SMILES string of the molecule is COc1cc2c(cc1O)C1CC(O)C3Cc4cc(O)c(OC)cc4C4CC(OC(=O)Cc5ccc6cc(O)cc(-c7cccc(CCCO)c7)c6c5)CC(OC(C)=O)C(C2)C1(C=Cc1ccccc1)C43. The van der Waals surface area contributed by atoms with Crippen molar-refractivity contribution in [2.24, 2.45) is 23.2 Å². The molecule has 0 aliphatic heterocycles. The van der Waals surface area contributed by atoms with E-state index in [2.05, 4.69) is 18.2 Å². The van der Waals surface area contributed by atoms with E-state index >= 15 is 0 Å². The van der Waals surface area contributed by atoms with Crippen LogP contribution in [0.4, 0.5) is 0 Å². The topological polar surface area (TPSA) is 172 Å². The first-order valence-corrected chi connectivity index (χ1v) is 24.4. The fourth-order valence-electron chi connectivity index (χ4n) is 13.2. The molecule has 4 aliphatic carbocycles. The molecule has 0 heterocycles. The highest BCUT2D eigenvalue weighted by Gasteiger charge is 2.65. The number of benzene rings is 6. The Morgan fingerprint density at radius 2 is 1.53 bits per heavy atom. The molecular formula is C59H60O11. The van der Waals surface area contributed by atoms with Crippen LogP contribution in [0.3, 0.4) is 0 Å². The third-order valence-corrected chi connectivity index (χ3v) is 15.9. The average molecular weight is 945 g/mol. The molecule has 6 aromatic carbocycles. The van der Waals surface area contributed by atoms with Gasteiger partial charge in [-0.3, -0.25) is 9.59 Å². The summed E-state index contributed by atoms with van der Waals surface area (Å²) >= 11 is 0. The molecule has 2 saturated carbocycles. The van der Waals surface area contributed by atoms with Gasteiger partial charge in [0.2, 0.25) is 0 Å². The summed E-state index contributed by atoms with van der Waals surface area (Å²) < 4.78 is 24.5. The number of allylic oxidation sites excluding steroid dienone is 1. The summed E-state index contributed by atoms with van der Waals surface area (Å²) in [6, 6.07) is 34.5. The average Bonchev–Trinajstić information content (AvgIpc) is 3.34. The van der Waals surface area contributed by atoms with Gasteiger partial charge >= 0.3 is 11.9 Å². The highest BCUT2D eigenvalue weighted by atomic mass is 16.6. The van der Waals surface area contributed by atoms with Gasteiger partial charge in [-0.05, 0) is 166 Å². The second kappa shape index (κ2) is 19.2. The lowest BCUT2D eigenvalue weighted by Crippen LogP contribution is -2.62. The minimum Gasteiger partial charge on any atom is -0.508 e. The van der Waals surface area contributed by atoms with Crippen LogP contribution in [-0.2, 0) is 44.7 Å². The number of phenolic OH excluding ortho intramolecular Hbond substituents is 3. The van der Waals surface area contributed by atoms with Gasteiger partial charge in [-0.1, -0.05) is 78.9 Å². The number of methoxy groups -OCH3 is 2. The summed E-state index contributed by atoms with van der Waals surface area (Å²) in [4.78, 5) is 28.0. The molecule has 5 N–H and O–H groups in total. The predicted molar refractivity (Wildman–Crippen MR) is 266 cm³/mol. The number of aliphatic hydroxyl groups excluding tert-OH is 2. The molecular weight excluding hydrogens is 885 g/mol. The number of carbonyl (C=O) groups excluding carboxylic acids is 2. The van der Waals surface area contributed by atoms with E-state index in [1.165, 1.54) is 21.1 Å². The molecule has 70 heavy (non-hydrogen) atoms. The summed E-state index contributed by atoms with van der Waals surface area (Å²) in [5.41, 5.74) is 7.37. The van der Waals surface area contributed by atoms with Gasteiger partial charge < -0.3 is 44.5 Å². The Kier molecular flexibility index (Phi) is 12.8. The van der Waals surface area contributed by atoms with E-state index in [-0.39, 0.29) is 66.3 Å². The van der Waals surface area contributed by atoms with Crippen molar-refractivity contribution >= 4 is 28.8 Å². The number of carbonyl (C=O) groups is 2. The van der Waals surface area contributed by atoms with E-state index in [9.17, 15) is 35.1 Å². The minimum absolute atomic E-state index is 0.00218.